The van der Waals surface area contributed by atoms with Gasteiger partial charge < -0.3 is 0 Å². The van der Waals surface area contributed by atoms with E-state index in [1.54, 1.807) is 16.9 Å². The number of alkyl halides is 2. The molecule has 3 nitrogen and oxygen atoms in total. The predicted octanol–water partition coefficient (Wildman–Crippen LogP) is 2.77. The SMILES string of the molecule is CC(C)c1ccc(NS(=O)(=O)C(F)F)cc1. The minimum absolute atomic E-state index is 0.143. The Kier molecular flexibility index (Phi) is 3.85. The van der Waals surface area contributed by atoms with Gasteiger partial charge in [0.25, 0.3) is 10.0 Å². The fraction of sp³-hybridized carbons (Fsp3) is 0.400. The maximum atomic E-state index is 12.1. The number of rotatable bonds is 4. The topological polar surface area (TPSA) is 46.2 Å². The van der Waals surface area contributed by atoms with Crippen LogP contribution in [-0.4, -0.2) is 14.2 Å². The molecule has 0 fully saturated rings. The molecule has 16 heavy (non-hydrogen) atoms. The highest BCUT2D eigenvalue weighted by Crippen LogP contribution is 2.19. The smallest absolute Gasteiger partial charge is 0.279 e. The van der Waals surface area contributed by atoms with Crippen molar-refractivity contribution in [3.8, 4) is 0 Å². The van der Waals surface area contributed by atoms with Crippen molar-refractivity contribution in [1.29, 1.82) is 0 Å². The molecule has 1 aromatic rings. The van der Waals surface area contributed by atoms with E-state index in [9.17, 15) is 17.2 Å². The number of hydrogen-bond acceptors (Lipinski definition) is 2. The van der Waals surface area contributed by atoms with Crippen molar-refractivity contribution < 1.29 is 17.2 Å². The number of anilines is 1. The summed E-state index contributed by atoms with van der Waals surface area (Å²) in [6, 6.07) is 6.34. The summed E-state index contributed by atoms with van der Waals surface area (Å²) < 4.78 is 47.6. The van der Waals surface area contributed by atoms with Crippen LogP contribution in [0.15, 0.2) is 24.3 Å². The van der Waals surface area contributed by atoms with Crippen molar-refractivity contribution in [1.82, 2.24) is 0 Å². The molecule has 1 rings (SSSR count). The second-order valence-electron chi connectivity index (χ2n) is 3.68. The van der Waals surface area contributed by atoms with Crippen LogP contribution in [0.4, 0.5) is 14.5 Å². The van der Waals surface area contributed by atoms with Crippen molar-refractivity contribution in [3.63, 3.8) is 0 Å². The van der Waals surface area contributed by atoms with Gasteiger partial charge in [0.1, 0.15) is 0 Å². The molecule has 0 heterocycles. The van der Waals surface area contributed by atoms with Gasteiger partial charge in [-0.2, -0.15) is 8.78 Å². The Morgan fingerprint density at radius 3 is 2.00 bits per heavy atom. The van der Waals surface area contributed by atoms with E-state index in [1.807, 2.05) is 13.8 Å². The first-order valence-electron chi connectivity index (χ1n) is 4.72. The van der Waals surface area contributed by atoms with Crippen LogP contribution in [0.3, 0.4) is 0 Å². The minimum Gasteiger partial charge on any atom is -0.279 e. The second-order valence-corrected chi connectivity index (χ2v) is 5.33. The molecule has 0 saturated carbocycles. The number of nitrogens with one attached hydrogen (secondary N) is 1. The Hall–Kier alpha value is -1.17. The molecular formula is C10H13F2NO2S. The Labute approximate surface area is 93.5 Å². The molecule has 0 aromatic heterocycles. The fourth-order valence-corrected chi connectivity index (χ4v) is 1.70. The Balaban J connectivity index is 2.85. The third-order valence-electron chi connectivity index (χ3n) is 2.07. The highest BCUT2D eigenvalue weighted by Gasteiger charge is 2.23. The lowest BCUT2D eigenvalue weighted by molar-refractivity contribution is 0.236. The highest BCUT2D eigenvalue weighted by atomic mass is 32.2. The van der Waals surface area contributed by atoms with Crippen molar-refractivity contribution in [3.05, 3.63) is 29.8 Å². The molecule has 0 saturated heterocycles. The lowest BCUT2D eigenvalue weighted by atomic mass is 10.0. The molecule has 1 aromatic carbocycles. The van der Waals surface area contributed by atoms with Crippen LogP contribution in [-0.2, 0) is 10.0 Å². The van der Waals surface area contributed by atoms with Gasteiger partial charge in [-0.1, -0.05) is 26.0 Å². The van der Waals surface area contributed by atoms with E-state index in [4.69, 9.17) is 0 Å². The van der Waals surface area contributed by atoms with Crippen LogP contribution in [0.5, 0.6) is 0 Å². The predicted molar refractivity (Wildman–Crippen MR) is 59.1 cm³/mol. The van der Waals surface area contributed by atoms with Crippen molar-refractivity contribution in [2.45, 2.75) is 25.5 Å². The van der Waals surface area contributed by atoms with E-state index in [-0.39, 0.29) is 5.69 Å². The highest BCUT2D eigenvalue weighted by molar-refractivity contribution is 7.93. The standard InChI is InChI=1S/C10H13F2NO2S/c1-7(2)8-3-5-9(6-4-8)13-16(14,15)10(11)12/h3-7,10,13H,1-2H3. The summed E-state index contributed by atoms with van der Waals surface area (Å²) in [5, 5.41) is 0. The van der Waals surface area contributed by atoms with Gasteiger partial charge in [-0.3, -0.25) is 4.72 Å². The Bertz CT molecular complexity index is 440. The Morgan fingerprint density at radius 2 is 1.62 bits per heavy atom. The molecular weight excluding hydrogens is 236 g/mol. The molecule has 0 radical (unpaired) electrons. The lowest BCUT2D eigenvalue weighted by Gasteiger charge is -2.09. The quantitative estimate of drug-likeness (QED) is 0.891. The zero-order valence-electron chi connectivity index (χ0n) is 8.94. The molecule has 0 amide bonds. The van der Waals surface area contributed by atoms with Crippen LogP contribution in [0.2, 0.25) is 0 Å². The van der Waals surface area contributed by atoms with Gasteiger partial charge in [0.05, 0.1) is 0 Å². The Morgan fingerprint density at radius 1 is 1.12 bits per heavy atom. The molecule has 0 atom stereocenters. The zero-order chi connectivity index (χ0) is 12.3. The van der Waals surface area contributed by atoms with Gasteiger partial charge in [0.15, 0.2) is 0 Å². The third kappa shape index (κ3) is 3.16. The van der Waals surface area contributed by atoms with E-state index in [2.05, 4.69) is 0 Å². The van der Waals surface area contributed by atoms with Gasteiger partial charge in [-0.15, -0.1) is 0 Å². The minimum atomic E-state index is -4.57. The average molecular weight is 249 g/mol. The van der Waals surface area contributed by atoms with Gasteiger partial charge in [0, 0.05) is 5.69 Å². The second kappa shape index (κ2) is 4.78. The summed E-state index contributed by atoms with van der Waals surface area (Å²) in [6.07, 6.45) is 0. The molecule has 0 spiro atoms. The van der Waals surface area contributed by atoms with Gasteiger partial charge in [-0.05, 0) is 23.6 Å². The molecule has 1 N–H and O–H groups in total. The van der Waals surface area contributed by atoms with Gasteiger partial charge in [0.2, 0.25) is 0 Å². The number of hydrogen-bond donors (Lipinski definition) is 1. The molecule has 0 aliphatic rings. The van der Waals surface area contributed by atoms with Gasteiger partial charge >= 0.3 is 5.76 Å². The first kappa shape index (κ1) is 12.9. The number of halogens is 2. The summed E-state index contributed by atoms with van der Waals surface area (Å²) in [6.45, 7) is 3.97. The summed E-state index contributed by atoms with van der Waals surface area (Å²) >= 11 is 0. The third-order valence-corrected chi connectivity index (χ3v) is 3.06. The van der Waals surface area contributed by atoms with E-state index >= 15 is 0 Å². The van der Waals surface area contributed by atoms with Crippen molar-refractivity contribution in [2.75, 3.05) is 4.72 Å². The maximum Gasteiger partial charge on any atom is 0.355 e. The van der Waals surface area contributed by atoms with E-state index < -0.39 is 15.8 Å². The van der Waals surface area contributed by atoms with Crippen LogP contribution in [0, 0.1) is 0 Å². The van der Waals surface area contributed by atoms with Crippen molar-refractivity contribution >= 4 is 15.7 Å². The van der Waals surface area contributed by atoms with Crippen LogP contribution < -0.4 is 4.72 Å². The normalized spacial score (nSPS) is 12.1. The molecule has 90 valence electrons. The average Bonchev–Trinajstić information content (AvgIpc) is 2.17. The maximum absolute atomic E-state index is 12.1. The number of benzene rings is 1. The summed E-state index contributed by atoms with van der Waals surface area (Å²) in [5.74, 6) is -3.11. The number of sulfonamides is 1. The molecule has 0 unspecified atom stereocenters. The van der Waals surface area contributed by atoms with E-state index in [0.717, 1.165) is 5.56 Å². The lowest BCUT2D eigenvalue weighted by Crippen LogP contribution is -2.20. The van der Waals surface area contributed by atoms with Crippen LogP contribution in [0.1, 0.15) is 25.3 Å². The van der Waals surface area contributed by atoms with Crippen molar-refractivity contribution in [2.24, 2.45) is 0 Å². The molecule has 0 aliphatic heterocycles. The molecule has 0 aliphatic carbocycles. The molecule has 6 heteroatoms. The van der Waals surface area contributed by atoms with E-state index in [0.29, 0.717) is 5.92 Å². The summed E-state index contributed by atoms with van der Waals surface area (Å²) in [7, 11) is -4.57. The van der Waals surface area contributed by atoms with E-state index in [1.165, 1.54) is 12.1 Å². The largest absolute Gasteiger partial charge is 0.355 e. The monoisotopic (exact) mass is 249 g/mol. The fourth-order valence-electron chi connectivity index (χ4n) is 1.14. The first-order valence-corrected chi connectivity index (χ1v) is 6.27. The van der Waals surface area contributed by atoms with Crippen LogP contribution >= 0.6 is 0 Å². The zero-order valence-corrected chi connectivity index (χ0v) is 9.76. The van der Waals surface area contributed by atoms with Gasteiger partial charge in [-0.25, -0.2) is 8.42 Å². The summed E-state index contributed by atoms with van der Waals surface area (Å²) in [5.41, 5.74) is 1.16. The van der Waals surface area contributed by atoms with Crippen LogP contribution in [0.25, 0.3) is 0 Å². The first-order chi connectivity index (χ1) is 7.33. The summed E-state index contributed by atoms with van der Waals surface area (Å²) in [4.78, 5) is 0. The molecule has 0 bridgehead atoms.